The Morgan fingerprint density at radius 2 is 2.12 bits per heavy atom. The van der Waals surface area contributed by atoms with Gasteiger partial charge in [0.25, 0.3) is 0 Å². The van der Waals surface area contributed by atoms with Gasteiger partial charge in [0.15, 0.2) is 0 Å². The average Bonchev–Trinajstić information content (AvgIpc) is 3.05. The molecule has 1 atom stereocenters. The van der Waals surface area contributed by atoms with Crippen molar-refractivity contribution in [3.8, 4) is 0 Å². The summed E-state index contributed by atoms with van der Waals surface area (Å²) in [6, 6.07) is 8.11. The number of nitrogens with one attached hydrogen (secondary N) is 1. The highest BCUT2D eigenvalue weighted by Gasteiger charge is 2.38. The Bertz CT molecular complexity index is 424. The van der Waals surface area contributed by atoms with E-state index >= 15 is 0 Å². The third-order valence-corrected chi connectivity index (χ3v) is 3.60. The molecule has 0 aliphatic heterocycles. The maximum atomic E-state index is 11.7. The molecule has 1 aromatic carbocycles. The first-order chi connectivity index (χ1) is 8.06. The molecule has 3 nitrogen and oxygen atoms in total. The van der Waals surface area contributed by atoms with E-state index in [9.17, 15) is 4.79 Å². The van der Waals surface area contributed by atoms with Gasteiger partial charge in [0, 0.05) is 12.6 Å². The number of amides is 1. The van der Waals surface area contributed by atoms with Crippen molar-refractivity contribution in [2.75, 3.05) is 7.05 Å². The molecule has 92 valence electrons. The van der Waals surface area contributed by atoms with Crippen molar-refractivity contribution in [3.63, 3.8) is 0 Å². The van der Waals surface area contributed by atoms with Gasteiger partial charge in [-0.2, -0.15) is 0 Å². The Morgan fingerprint density at radius 3 is 2.71 bits per heavy atom. The van der Waals surface area contributed by atoms with E-state index in [4.69, 9.17) is 5.73 Å². The minimum absolute atomic E-state index is 0.0154. The highest BCUT2D eigenvalue weighted by Crippen LogP contribution is 2.37. The van der Waals surface area contributed by atoms with Crippen LogP contribution >= 0.6 is 0 Å². The van der Waals surface area contributed by atoms with Crippen LogP contribution in [0.4, 0.5) is 0 Å². The van der Waals surface area contributed by atoms with Crippen LogP contribution in [-0.4, -0.2) is 18.5 Å². The zero-order chi connectivity index (χ0) is 12.5. The molecule has 3 heteroatoms. The predicted octanol–water partition coefficient (Wildman–Crippen LogP) is 1.57. The molecule has 1 fully saturated rings. The van der Waals surface area contributed by atoms with E-state index in [0.29, 0.717) is 0 Å². The Balaban J connectivity index is 2.23. The van der Waals surface area contributed by atoms with Crippen LogP contribution in [0.2, 0.25) is 0 Å². The fraction of sp³-hybridized carbons (Fsp3) is 0.500. The highest BCUT2D eigenvalue weighted by molar-refractivity contribution is 5.83. The third kappa shape index (κ3) is 2.67. The van der Waals surface area contributed by atoms with E-state index < -0.39 is 0 Å². The van der Waals surface area contributed by atoms with Gasteiger partial charge in [-0.1, -0.05) is 24.3 Å². The lowest BCUT2D eigenvalue weighted by Crippen LogP contribution is -2.28. The molecule has 1 aliphatic rings. The standard InChI is InChI=1S/C14H20N2O/c1-10(13(17)16-2)12-6-4-3-5-11(12)9-14(15)7-8-14/h3-6,10H,7-9,15H2,1-2H3,(H,16,17). The number of hydrogen-bond acceptors (Lipinski definition) is 2. The largest absolute Gasteiger partial charge is 0.359 e. The van der Waals surface area contributed by atoms with Crippen molar-refractivity contribution >= 4 is 5.91 Å². The molecule has 0 saturated heterocycles. The van der Waals surface area contributed by atoms with Gasteiger partial charge in [-0.25, -0.2) is 0 Å². The number of benzene rings is 1. The molecule has 3 N–H and O–H groups in total. The predicted molar refractivity (Wildman–Crippen MR) is 68.8 cm³/mol. The van der Waals surface area contributed by atoms with Crippen molar-refractivity contribution in [2.24, 2.45) is 5.73 Å². The molecular weight excluding hydrogens is 212 g/mol. The number of hydrogen-bond donors (Lipinski definition) is 2. The topological polar surface area (TPSA) is 55.1 Å². The molecule has 0 bridgehead atoms. The van der Waals surface area contributed by atoms with Gasteiger partial charge in [-0.3, -0.25) is 4.79 Å². The molecule has 17 heavy (non-hydrogen) atoms. The van der Waals surface area contributed by atoms with E-state index in [-0.39, 0.29) is 17.4 Å². The third-order valence-electron chi connectivity index (χ3n) is 3.60. The molecule has 1 unspecified atom stereocenters. The Hall–Kier alpha value is -1.35. The van der Waals surface area contributed by atoms with E-state index in [0.717, 1.165) is 24.8 Å². The Labute approximate surface area is 102 Å². The summed E-state index contributed by atoms with van der Waals surface area (Å²) in [7, 11) is 1.67. The number of carbonyl (C=O) groups excluding carboxylic acids is 1. The van der Waals surface area contributed by atoms with Crippen LogP contribution in [0.5, 0.6) is 0 Å². The van der Waals surface area contributed by atoms with E-state index in [2.05, 4.69) is 11.4 Å². The summed E-state index contributed by atoms with van der Waals surface area (Å²) < 4.78 is 0. The first-order valence-corrected chi connectivity index (χ1v) is 6.14. The molecular formula is C14H20N2O. The van der Waals surface area contributed by atoms with Crippen molar-refractivity contribution < 1.29 is 4.79 Å². The minimum Gasteiger partial charge on any atom is -0.359 e. The van der Waals surface area contributed by atoms with Crippen LogP contribution < -0.4 is 11.1 Å². The second kappa shape index (κ2) is 4.49. The molecule has 0 heterocycles. The number of likely N-dealkylation sites (N-methyl/N-ethyl adjacent to an activating group) is 1. The normalized spacial score (nSPS) is 18.5. The zero-order valence-corrected chi connectivity index (χ0v) is 10.5. The van der Waals surface area contributed by atoms with Crippen molar-refractivity contribution in [2.45, 2.75) is 37.6 Å². The van der Waals surface area contributed by atoms with Gasteiger partial charge >= 0.3 is 0 Å². The summed E-state index contributed by atoms with van der Waals surface area (Å²) in [4.78, 5) is 11.7. The van der Waals surface area contributed by atoms with Crippen LogP contribution in [0, 0.1) is 0 Å². The first-order valence-electron chi connectivity index (χ1n) is 6.14. The highest BCUT2D eigenvalue weighted by atomic mass is 16.1. The van der Waals surface area contributed by atoms with Gasteiger partial charge in [-0.05, 0) is 37.3 Å². The quantitative estimate of drug-likeness (QED) is 0.828. The number of carbonyl (C=O) groups is 1. The summed E-state index contributed by atoms with van der Waals surface area (Å²) in [6.07, 6.45) is 3.07. The summed E-state index contributed by atoms with van der Waals surface area (Å²) in [5.41, 5.74) is 8.45. The number of rotatable bonds is 4. The lowest BCUT2D eigenvalue weighted by Gasteiger charge is -2.17. The van der Waals surface area contributed by atoms with Gasteiger partial charge in [0.2, 0.25) is 5.91 Å². The SMILES string of the molecule is CNC(=O)C(C)c1ccccc1CC1(N)CC1. The van der Waals surface area contributed by atoms with Gasteiger partial charge in [-0.15, -0.1) is 0 Å². The molecule has 2 rings (SSSR count). The van der Waals surface area contributed by atoms with E-state index in [1.807, 2.05) is 25.1 Å². The molecule has 1 saturated carbocycles. The molecule has 0 aromatic heterocycles. The maximum Gasteiger partial charge on any atom is 0.227 e. The lowest BCUT2D eigenvalue weighted by atomic mass is 9.91. The van der Waals surface area contributed by atoms with Gasteiger partial charge in [0.1, 0.15) is 0 Å². The molecule has 1 amide bonds. The summed E-state index contributed by atoms with van der Waals surface area (Å²) in [6.45, 7) is 1.94. The lowest BCUT2D eigenvalue weighted by molar-refractivity contribution is -0.121. The van der Waals surface area contributed by atoms with Crippen molar-refractivity contribution in [1.82, 2.24) is 5.32 Å². The van der Waals surface area contributed by atoms with Crippen molar-refractivity contribution in [3.05, 3.63) is 35.4 Å². The molecule has 1 aromatic rings. The summed E-state index contributed by atoms with van der Waals surface area (Å²) in [5, 5.41) is 2.70. The van der Waals surface area contributed by atoms with Crippen LogP contribution in [0.1, 0.15) is 36.8 Å². The summed E-state index contributed by atoms with van der Waals surface area (Å²) >= 11 is 0. The average molecular weight is 232 g/mol. The fourth-order valence-corrected chi connectivity index (χ4v) is 2.19. The van der Waals surface area contributed by atoms with Crippen molar-refractivity contribution in [1.29, 1.82) is 0 Å². The van der Waals surface area contributed by atoms with E-state index in [1.165, 1.54) is 5.56 Å². The molecule has 0 radical (unpaired) electrons. The molecule has 1 aliphatic carbocycles. The van der Waals surface area contributed by atoms with E-state index in [1.54, 1.807) is 7.05 Å². The second-order valence-electron chi connectivity index (χ2n) is 5.07. The zero-order valence-electron chi connectivity index (χ0n) is 10.5. The number of nitrogens with two attached hydrogens (primary N) is 1. The monoisotopic (exact) mass is 232 g/mol. The van der Waals surface area contributed by atoms with Gasteiger partial charge in [0.05, 0.1) is 5.92 Å². The first kappa shape index (κ1) is 12.1. The van der Waals surface area contributed by atoms with Crippen LogP contribution in [0.15, 0.2) is 24.3 Å². The van der Waals surface area contributed by atoms with Crippen LogP contribution in [-0.2, 0) is 11.2 Å². The Morgan fingerprint density at radius 1 is 1.47 bits per heavy atom. The van der Waals surface area contributed by atoms with Crippen LogP contribution in [0.3, 0.4) is 0 Å². The smallest absolute Gasteiger partial charge is 0.227 e. The Kier molecular flexibility index (Phi) is 3.20. The summed E-state index contributed by atoms with van der Waals surface area (Å²) in [5.74, 6) is -0.0575. The van der Waals surface area contributed by atoms with Gasteiger partial charge < -0.3 is 11.1 Å². The maximum absolute atomic E-state index is 11.7. The molecule has 0 spiro atoms. The fourth-order valence-electron chi connectivity index (χ4n) is 2.19. The second-order valence-corrected chi connectivity index (χ2v) is 5.07. The van der Waals surface area contributed by atoms with Crippen LogP contribution in [0.25, 0.3) is 0 Å². The minimum atomic E-state index is -0.112.